The Balaban J connectivity index is 1.98. The van der Waals surface area contributed by atoms with Crippen molar-refractivity contribution in [2.75, 3.05) is 20.2 Å². The molecule has 20 heavy (non-hydrogen) atoms. The van der Waals surface area contributed by atoms with Crippen molar-refractivity contribution in [3.05, 3.63) is 29.6 Å². The van der Waals surface area contributed by atoms with E-state index in [1.54, 1.807) is 6.07 Å². The average molecular weight is 280 g/mol. The molecule has 5 heteroatoms. The largest absolute Gasteiger partial charge is 0.494 e. The fourth-order valence-electron chi connectivity index (χ4n) is 2.52. The van der Waals surface area contributed by atoms with Gasteiger partial charge in [-0.1, -0.05) is 0 Å². The predicted molar refractivity (Wildman–Crippen MR) is 75.5 cm³/mol. The molecule has 0 bridgehead atoms. The van der Waals surface area contributed by atoms with E-state index in [1.165, 1.54) is 19.2 Å². The molecule has 4 nitrogen and oxygen atoms in total. The smallest absolute Gasteiger partial charge is 0.251 e. The summed E-state index contributed by atoms with van der Waals surface area (Å²) in [5.41, 5.74) is 0.318. The lowest BCUT2D eigenvalue weighted by Gasteiger charge is -2.29. The molecule has 2 atom stereocenters. The zero-order valence-electron chi connectivity index (χ0n) is 11.9. The highest BCUT2D eigenvalue weighted by molar-refractivity contribution is 5.94. The van der Waals surface area contributed by atoms with Crippen LogP contribution in [0.25, 0.3) is 0 Å². The first-order valence-electron chi connectivity index (χ1n) is 6.97. The van der Waals surface area contributed by atoms with Gasteiger partial charge in [-0.2, -0.15) is 0 Å². The third-order valence-corrected chi connectivity index (χ3v) is 3.81. The molecule has 0 radical (unpaired) electrons. The summed E-state index contributed by atoms with van der Waals surface area (Å²) < 4.78 is 18.4. The molecule has 1 heterocycles. The van der Waals surface area contributed by atoms with Gasteiger partial charge in [-0.15, -0.1) is 0 Å². The summed E-state index contributed by atoms with van der Waals surface area (Å²) in [6.07, 6.45) is 2.23. The van der Waals surface area contributed by atoms with Gasteiger partial charge in [0.25, 0.3) is 5.91 Å². The summed E-state index contributed by atoms with van der Waals surface area (Å²) in [5.74, 6) is -0.196. The first-order valence-corrected chi connectivity index (χ1v) is 6.97. The van der Waals surface area contributed by atoms with Gasteiger partial charge in [0.2, 0.25) is 0 Å². The number of ether oxygens (including phenoxy) is 1. The minimum atomic E-state index is -0.521. The van der Waals surface area contributed by atoms with Crippen LogP contribution in [-0.4, -0.2) is 32.1 Å². The molecule has 0 saturated carbocycles. The average Bonchev–Trinajstić information content (AvgIpc) is 2.48. The molecule has 0 aliphatic carbocycles. The molecule has 1 aromatic carbocycles. The number of rotatable bonds is 4. The molecule has 0 spiro atoms. The number of hydrogen-bond acceptors (Lipinski definition) is 3. The van der Waals surface area contributed by atoms with Crippen molar-refractivity contribution in [3.8, 4) is 5.75 Å². The number of carbonyl (C=O) groups is 1. The Morgan fingerprint density at radius 3 is 2.95 bits per heavy atom. The van der Waals surface area contributed by atoms with Crippen molar-refractivity contribution in [2.45, 2.75) is 25.8 Å². The van der Waals surface area contributed by atoms with Gasteiger partial charge < -0.3 is 15.4 Å². The number of halogens is 1. The van der Waals surface area contributed by atoms with E-state index in [9.17, 15) is 9.18 Å². The normalized spacial score (nSPS) is 20.2. The number of hydrogen-bond donors (Lipinski definition) is 2. The second-order valence-electron chi connectivity index (χ2n) is 5.22. The van der Waals surface area contributed by atoms with E-state index < -0.39 is 5.82 Å². The SMILES string of the molecule is COc1ccc(C(=O)NC(C)C2CCCNC2)cc1F. The number of benzene rings is 1. The molecular formula is C15H21FN2O2. The number of methoxy groups -OCH3 is 1. The number of nitrogens with one attached hydrogen (secondary N) is 2. The van der Waals surface area contributed by atoms with Crippen LogP contribution in [0.1, 0.15) is 30.1 Å². The predicted octanol–water partition coefficient (Wildman–Crippen LogP) is 1.95. The zero-order valence-corrected chi connectivity index (χ0v) is 11.9. The van der Waals surface area contributed by atoms with Crippen LogP contribution in [0.2, 0.25) is 0 Å². The van der Waals surface area contributed by atoms with Gasteiger partial charge in [0.1, 0.15) is 0 Å². The van der Waals surface area contributed by atoms with Crippen molar-refractivity contribution < 1.29 is 13.9 Å². The number of carbonyl (C=O) groups excluding carboxylic acids is 1. The highest BCUT2D eigenvalue weighted by Gasteiger charge is 2.22. The Bertz CT molecular complexity index is 473. The lowest BCUT2D eigenvalue weighted by Crippen LogP contribution is -2.44. The first kappa shape index (κ1) is 14.8. The van der Waals surface area contributed by atoms with Crippen molar-refractivity contribution in [1.82, 2.24) is 10.6 Å². The minimum Gasteiger partial charge on any atom is -0.494 e. The molecule has 1 aliphatic rings. The molecular weight excluding hydrogens is 259 g/mol. The maximum Gasteiger partial charge on any atom is 0.251 e. The molecule has 0 aromatic heterocycles. The number of piperidine rings is 1. The van der Waals surface area contributed by atoms with Gasteiger partial charge in [0, 0.05) is 11.6 Å². The summed E-state index contributed by atoms with van der Waals surface area (Å²) in [4.78, 5) is 12.1. The third kappa shape index (κ3) is 3.48. The highest BCUT2D eigenvalue weighted by atomic mass is 19.1. The summed E-state index contributed by atoms with van der Waals surface area (Å²) in [6, 6.07) is 4.32. The lowest BCUT2D eigenvalue weighted by molar-refractivity contribution is 0.0921. The Labute approximate surface area is 118 Å². The monoisotopic (exact) mass is 280 g/mol. The highest BCUT2D eigenvalue weighted by Crippen LogP contribution is 2.19. The van der Waals surface area contributed by atoms with Crippen LogP contribution in [0, 0.1) is 11.7 Å². The van der Waals surface area contributed by atoms with E-state index in [2.05, 4.69) is 10.6 Å². The van der Waals surface area contributed by atoms with Gasteiger partial charge in [-0.25, -0.2) is 4.39 Å². The molecule has 1 fully saturated rings. The Morgan fingerprint density at radius 2 is 2.35 bits per heavy atom. The summed E-state index contributed by atoms with van der Waals surface area (Å²) in [5, 5.41) is 6.27. The summed E-state index contributed by atoms with van der Waals surface area (Å²) in [6.45, 7) is 3.95. The van der Waals surface area contributed by atoms with Crippen molar-refractivity contribution in [3.63, 3.8) is 0 Å². The fourth-order valence-corrected chi connectivity index (χ4v) is 2.52. The maximum atomic E-state index is 13.6. The van der Waals surface area contributed by atoms with Crippen molar-refractivity contribution in [1.29, 1.82) is 0 Å². The standard InChI is InChI=1S/C15H21FN2O2/c1-10(12-4-3-7-17-9-12)18-15(19)11-5-6-14(20-2)13(16)8-11/h5-6,8,10,12,17H,3-4,7,9H2,1-2H3,(H,18,19). The van der Waals surface area contributed by atoms with Crippen molar-refractivity contribution in [2.24, 2.45) is 5.92 Å². The number of amides is 1. The van der Waals surface area contributed by atoms with E-state index >= 15 is 0 Å². The topological polar surface area (TPSA) is 50.4 Å². The van der Waals surface area contributed by atoms with Crippen LogP contribution in [0.4, 0.5) is 4.39 Å². The van der Waals surface area contributed by atoms with Crippen LogP contribution < -0.4 is 15.4 Å². The molecule has 2 N–H and O–H groups in total. The Hall–Kier alpha value is -1.62. The molecule has 2 unspecified atom stereocenters. The van der Waals surface area contributed by atoms with E-state index in [0.29, 0.717) is 11.5 Å². The minimum absolute atomic E-state index is 0.0699. The van der Waals surface area contributed by atoms with E-state index in [-0.39, 0.29) is 17.7 Å². The third-order valence-electron chi connectivity index (χ3n) is 3.81. The molecule has 1 aliphatic heterocycles. The summed E-state index contributed by atoms with van der Waals surface area (Å²) in [7, 11) is 1.40. The molecule has 110 valence electrons. The molecule has 2 rings (SSSR count). The lowest BCUT2D eigenvalue weighted by atomic mass is 9.92. The molecule has 1 saturated heterocycles. The van der Waals surface area contributed by atoms with E-state index in [4.69, 9.17) is 4.74 Å². The van der Waals surface area contributed by atoms with Crippen LogP contribution in [0.15, 0.2) is 18.2 Å². The van der Waals surface area contributed by atoms with Gasteiger partial charge >= 0.3 is 0 Å². The molecule has 1 amide bonds. The van der Waals surface area contributed by atoms with Gasteiger partial charge in [0.05, 0.1) is 7.11 Å². The van der Waals surface area contributed by atoms with Gasteiger partial charge in [-0.3, -0.25) is 4.79 Å². The fraction of sp³-hybridized carbons (Fsp3) is 0.533. The van der Waals surface area contributed by atoms with Crippen LogP contribution in [0.3, 0.4) is 0 Å². The Kier molecular flexibility index (Phi) is 4.95. The quantitative estimate of drug-likeness (QED) is 0.886. The van der Waals surface area contributed by atoms with Crippen LogP contribution in [0.5, 0.6) is 5.75 Å². The van der Waals surface area contributed by atoms with Crippen LogP contribution >= 0.6 is 0 Å². The second-order valence-corrected chi connectivity index (χ2v) is 5.22. The zero-order chi connectivity index (χ0) is 14.5. The second kappa shape index (κ2) is 6.70. The summed E-state index contributed by atoms with van der Waals surface area (Å²) >= 11 is 0. The van der Waals surface area contributed by atoms with Crippen molar-refractivity contribution >= 4 is 5.91 Å². The van der Waals surface area contributed by atoms with Crippen LogP contribution in [-0.2, 0) is 0 Å². The maximum absolute atomic E-state index is 13.6. The van der Waals surface area contributed by atoms with Gasteiger partial charge in [-0.05, 0) is 57.0 Å². The van der Waals surface area contributed by atoms with E-state index in [0.717, 1.165) is 25.9 Å². The van der Waals surface area contributed by atoms with Gasteiger partial charge in [0.15, 0.2) is 11.6 Å². The molecule has 1 aromatic rings. The van der Waals surface area contributed by atoms with E-state index in [1.807, 2.05) is 6.92 Å². The Morgan fingerprint density at radius 1 is 1.55 bits per heavy atom. The first-order chi connectivity index (χ1) is 9.61.